The fraction of sp³-hybridized carbons (Fsp3) is 1.00. The summed E-state index contributed by atoms with van der Waals surface area (Å²) in [5, 5.41) is -0.609. The summed E-state index contributed by atoms with van der Waals surface area (Å²) >= 11 is 0. The molecular weight excluding hydrogens is 168 g/mol. The Morgan fingerprint density at radius 1 is 1.31 bits per heavy atom. The van der Waals surface area contributed by atoms with Crippen LogP contribution in [0.5, 0.6) is 0 Å². The normalized spacial score (nSPS) is 39.3. The molecule has 0 N–H and O–H groups in total. The first-order valence-corrected chi connectivity index (χ1v) is 4.70. The lowest BCUT2D eigenvalue weighted by molar-refractivity contribution is -0.0466. The lowest BCUT2D eigenvalue weighted by atomic mass is 9.44. The molecule has 2 atom stereocenters. The molecule has 1 saturated carbocycles. The molecule has 0 aliphatic heterocycles. The van der Waals surface area contributed by atoms with Gasteiger partial charge in [0.2, 0.25) is 5.92 Å². The van der Waals surface area contributed by atoms with Crippen LogP contribution in [0.1, 0.15) is 33.1 Å². The van der Waals surface area contributed by atoms with Crippen LogP contribution < -0.4 is 0 Å². The van der Waals surface area contributed by atoms with E-state index in [1.165, 1.54) is 0 Å². The van der Waals surface area contributed by atoms with Crippen LogP contribution in [0.2, 0.25) is 11.1 Å². The summed E-state index contributed by atoms with van der Waals surface area (Å²) in [4.78, 5) is 0. The average Bonchev–Trinajstić information content (AvgIpc) is 1.96. The van der Waals surface area contributed by atoms with Gasteiger partial charge < -0.3 is 0 Å². The Balaban J connectivity index is 2.73. The minimum Gasteiger partial charge on any atom is -0.207 e. The summed E-state index contributed by atoms with van der Waals surface area (Å²) in [5.74, 6) is -3.05. The largest absolute Gasteiger partial charge is 0.247 e. The Bertz CT molecular complexity index is 194. The molecule has 13 heavy (non-hydrogen) atoms. The molecule has 0 saturated heterocycles. The van der Waals surface area contributed by atoms with E-state index in [1.807, 2.05) is 13.8 Å². The number of alkyl halides is 2. The van der Waals surface area contributed by atoms with E-state index in [0.717, 1.165) is 0 Å². The fourth-order valence-electron chi connectivity index (χ4n) is 1.92. The summed E-state index contributed by atoms with van der Waals surface area (Å²) in [7, 11) is 11.7. The molecule has 0 aromatic carbocycles. The predicted octanol–water partition coefficient (Wildman–Crippen LogP) is 2.75. The van der Waals surface area contributed by atoms with Crippen LogP contribution in [0.25, 0.3) is 0 Å². The van der Waals surface area contributed by atoms with E-state index in [1.54, 1.807) is 0 Å². The van der Waals surface area contributed by atoms with Crippen LogP contribution in [0.15, 0.2) is 0 Å². The minimum atomic E-state index is -2.61. The molecule has 0 aromatic heterocycles. The highest BCUT2D eigenvalue weighted by Crippen LogP contribution is 2.56. The quantitative estimate of drug-likeness (QED) is 0.546. The van der Waals surface area contributed by atoms with Crippen LogP contribution in [0.4, 0.5) is 8.78 Å². The van der Waals surface area contributed by atoms with Crippen molar-refractivity contribution in [2.75, 3.05) is 0 Å². The summed E-state index contributed by atoms with van der Waals surface area (Å²) in [6.45, 7) is 3.87. The van der Waals surface area contributed by atoms with E-state index < -0.39 is 17.1 Å². The minimum absolute atomic E-state index is 0.130. The number of halogens is 2. The van der Waals surface area contributed by atoms with Crippen molar-refractivity contribution in [1.82, 2.24) is 0 Å². The van der Waals surface area contributed by atoms with Gasteiger partial charge in [-0.15, -0.1) is 0 Å². The van der Waals surface area contributed by atoms with Crippen molar-refractivity contribution in [2.24, 2.45) is 5.92 Å². The zero-order valence-corrected chi connectivity index (χ0v) is 8.19. The molecule has 1 fully saturated rings. The number of hydrogen-bond donors (Lipinski definition) is 0. The van der Waals surface area contributed by atoms with Crippen LogP contribution in [0.3, 0.4) is 0 Å². The van der Waals surface area contributed by atoms with Crippen LogP contribution >= 0.6 is 0 Å². The molecule has 4 heteroatoms. The molecule has 1 aliphatic carbocycles. The van der Waals surface area contributed by atoms with E-state index in [2.05, 4.69) is 0 Å². The Labute approximate surface area is 81.3 Å². The molecular formula is C9H14B2F2. The standard InChI is InChI=1S/C9H14B2F2/c1-6(2)9(11)4-3-8(12,13)5-7(9)10/h6-7H,3-5H2,1-2H3. The molecule has 0 aromatic rings. The molecule has 0 spiro atoms. The van der Waals surface area contributed by atoms with Crippen LogP contribution in [-0.2, 0) is 0 Å². The lowest BCUT2D eigenvalue weighted by Gasteiger charge is -2.46. The van der Waals surface area contributed by atoms with Gasteiger partial charge in [-0.2, -0.15) is 0 Å². The summed E-state index contributed by atoms with van der Waals surface area (Å²) in [5.41, 5.74) is 0. The highest BCUT2D eigenvalue weighted by atomic mass is 19.3. The van der Waals surface area contributed by atoms with E-state index in [9.17, 15) is 8.78 Å². The third-order valence-electron chi connectivity index (χ3n) is 3.21. The first-order valence-electron chi connectivity index (χ1n) is 4.70. The van der Waals surface area contributed by atoms with Crippen LogP contribution in [0, 0.1) is 5.92 Å². The van der Waals surface area contributed by atoms with Gasteiger partial charge in [-0.05, 0) is 5.92 Å². The van der Waals surface area contributed by atoms with Crippen molar-refractivity contribution < 1.29 is 8.78 Å². The van der Waals surface area contributed by atoms with E-state index >= 15 is 0 Å². The molecule has 0 amide bonds. The zero-order chi connectivity index (χ0) is 10.3. The van der Waals surface area contributed by atoms with Gasteiger partial charge in [-0.25, -0.2) is 8.78 Å². The van der Waals surface area contributed by atoms with Gasteiger partial charge >= 0.3 is 0 Å². The van der Waals surface area contributed by atoms with Crippen molar-refractivity contribution in [3.63, 3.8) is 0 Å². The third-order valence-corrected chi connectivity index (χ3v) is 3.21. The van der Waals surface area contributed by atoms with Gasteiger partial charge in [0.25, 0.3) is 0 Å². The van der Waals surface area contributed by atoms with Crippen molar-refractivity contribution in [3.8, 4) is 0 Å². The van der Waals surface area contributed by atoms with Crippen LogP contribution in [-0.4, -0.2) is 21.6 Å². The maximum absolute atomic E-state index is 12.9. The first-order chi connectivity index (χ1) is 5.78. The lowest BCUT2D eigenvalue weighted by Crippen LogP contribution is -2.37. The molecule has 0 heterocycles. The summed E-state index contributed by atoms with van der Waals surface area (Å²) in [6.07, 6.45) is -0.0874. The predicted molar refractivity (Wildman–Crippen MR) is 51.6 cm³/mol. The highest BCUT2D eigenvalue weighted by Gasteiger charge is 2.45. The Hall–Kier alpha value is -0.0101. The maximum Gasteiger partial charge on any atom is 0.247 e. The van der Waals surface area contributed by atoms with Gasteiger partial charge in [0.05, 0.1) is 15.7 Å². The smallest absolute Gasteiger partial charge is 0.207 e. The summed E-state index contributed by atoms with van der Waals surface area (Å²) in [6, 6.07) is 0. The average molecular weight is 182 g/mol. The topological polar surface area (TPSA) is 0 Å². The van der Waals surface area contributed by atoms with Crippen molar-refractivity contribution in [3.05, 3.63) is 0 Å². The van der Waals surface area contributed by atoms with Crippen molar-refractivity contribution in [1.29, 1.82) is 0 Å². The van der Waals surface area contributed by atoms with Crippen molar-refractivity contribution in [2.45, 2.75) is 50.2 Å². The Morgan fingerprint density at radius 3 is 2.23 bits per heavy atom. The number of rotatable bonds is 1. The van der Waals surface area contributed by atoms with E-state index in [0.29, 0.717) is 6.42 Å². The molecule has 2 unspecified atom stereocenters. The van der Waals surface area contributed by atoms with Gasteiger partial charge in [-0.1, -0.05) is 31.4 Å². The number of hydrogen-bond acceptors (Lipinski definition) is 0. The summed E-state index contributed by atoms with van der Waals surface area (Å²) < 4.78 is 25.9. The highest BCUT2D eigenvalue weighted by molar-refractivity contribution is 6.24. The van der Waals surface area contributed by atoms with E-state index in [4.69, 9.17) is 15.7 Å². The SMILES string of the molecule is [B]C1CC(F)(F)CCC1([B])C(C)C. The molecule has 0 nitrogen and oxygen atoms in total. The first kappa shape index (κ1) is 11.1. The molecule has 0 bridgehead atoms. The Morgan fingerprint density at radius 2 is 1.85 bits per heavy atom. The second kappa shape index (κ2) is 3.29. The molecule has 4 radical (unpaired) electrons. The Kier molecular flexibility index (Phi) is 2.80. The zero-order valence-electron chi connectivity index (χ0n) is 8.19. The molecule has 1 rings (SSSR count). The second-order valence-corrected chi connectivity index (χ2v) is 4.43. The maximum atomic E-state index is 12.9. The second-order valence-electron chi connectivity index (χ2n) is 4.43. The van der Waals surface area contributed by atoms with Gasteiger partial charge in [0.1, 0.15) is 0 Å². The van der Waals surface area contributed by atoms with Gasteiger partial charge in [0.15, 0.2) is 0 Å². The van der Waals surface area contributed by atoms with Gasteiger partial charge in [0, 0.05) is 12.8 Å². The fourth-order valence-corrected chi connectivity index (χ4v) is 1.92. The molecule has 1 aliphatic rings. The third kappa shape index (κ3) is 2.08. The van der Waals surface area contributed by atoms with Gasteiger partial charge in [-0.3, -0.25) is 0 Å². The molecule has 70 valence electrons. The van der Waals surface area contributed by atoms with Crippen molar-refractivity contribution >= 4 is 15.7 Å². The van der Waals surface area contributed by atoms with E-state index in [-0.39, 0.29) is 18.8 Å². The monoisotopic (exact) mass is 182 g/mol.